The number of carboxylic acids is 1. The van der Waals surface area contributed by atoms with Crippen LogP contribution in [-0.2, 0) is 29.0 Å². The zero-order valence-electron chi connectivity index (χ0n) is 26.6. The maximum absolute atomic E-state index is 14.1. The summed E-state index contributed by atoms with van der Waals surface area (Å²) in [5.41, 5.74) is 3.66. The summed E-state index contributed by atoms with van der Waals surface area (Å²) in [6.07, 6.45) is 0.658. The van der Waals surface area contributed by atoms with E-state index in [-0.39, 0.29) is 17.0 Å². The normalized spacial score (nSPS) is 13.2. The first-order valence-corrected chi connectivity index (χ1v) is 17.3. The van der Waals surface area contributed by atoms with Crippen molar-refractivity contribution in [2.24, 2.45) is 0 Å². The Balaban J connectivity index is 1.24. The Bertz CT molecular complexity index is 2000. The van der Waals surface area contributed by atoms with Crippen molar-refractivity contribution in [1.82, 2.24) is 4.90 Å². The van der Waals surface area contributed by atoms with Crippen LogP contribution in [0.2, 0.25) is 0 Å². The van der Waals surface area contributed by atoms with Gasteiger partial charge in [-0.05, 0) is 53.4 Å². The Kier molecular flexibility index (Phi) is 10.5. The highest BCUT2D eigenvalue weighted by Crippen LogP contribution is 2.41. The van der Waals surface area contributed by atoms with Gasteiger partial charge in [-0.1, -0.05) is 78.9 Å². The Labute approximate surface area is 291 Å². The van der Waals surface area contributed by atoms with Crippen LogP contribution in [0.15, 0.2) is 114 Å². The standard InChI is InChI=1S/C38H33N3O6S2/c1-47-38(46)32-30-19-20-41(22-24-11-4-2-5-12-24)23-31(30)49-36(32)40-35(43)33(25-13-6-3-7-14-25)48-27-16-10-15-26(21-27)39-34(42)28-17-8-9-18-29(28)37(44)45/h2-18,21,33H,19-20,22-23H2,1H3,(H,39,42)(H,40,43)(H,44,45). The van der Waals surface area contributed by atoms with E-state index in [9.17, 15) is 24.3 Å². The van der Waals surface area contributed by atoms with E-state index in [4.69, 9.17) is 4.74 Å². The molecule has 4 aromatic carbocycles. The molecular formula is C38H33N3O6S2. The molecule has 5 aromatic rings. The van der Waals surface area contributed by atoms with Crippen molar-refractivity contribution >= 4 is 57.5 Å². The van der Waals surface area contributed by atoms with Crippen LogP contribution in [0.1, 0.15) is 57.9 Å². The van der Waals surface area contributed by atoms with Crippen LogP contribution in [0.5, 0.6) is 0 Å². The summed E-state index contributed by atoms with van der Waals surface area (Å²) in [5, 5.41) is 15.1. The van der Waals surface area contributed by atoms with Gasteiger partial charge in [-0.2, -0.15) is 0 Å². The first-order chi connectivity index (χ1) is 23.8. The summed E-state index contributed by atoms with van der Waals surface area (Å²) in [4.78, 5) is 55.9. The minimum Gasteiger partial charge on any atom is -0.478 e. The molecule has 0 spiro atoms. The molecule has 3 N–H and O–H groups in total. The van der Waals surface area contributed by atoms with Gasteiger partial charge in [0, 0.05) is 35.1 Å². The average molecular weight is 692 g/mol. The molecule has 49 heavy (non-hydrogen) atoms. The van der Waals surface area contributed by atoms with Crippen LogP contribution in [0, 0.1) is 0 Å². The molecule has 2 amide bonds. The van der Waals surface area contributed by atoms with E-state index < -0.39 is 23.1 Å². The summed E-state index contributed by atoms with van der Waals surface area (Å²) in [6.45, 7) is 2.21. The molecule has 248 valence electrons. The van der Waals surface area contributed by atoms with Crippen LogP contribution < -0.4 is 10.6 Å². The number of rotatable bonds is 11. The molecule has 1 atom stereocenters. The number of nitrogens with zero attached hydrogens (tertiary/aromatic N) is 1. The third kappa shape index (κ3) is 7.92. The van der Waals surface area contributed by atoms with Gasteiger partial charge in [0.05, 0.1) is 23.8 Å². The zero-order chi connectivity index (χ0) is 34.3. The summed E-state index contributed by atoms with van der Waals surface area (Å²) in [6, 6.07) is 32.6. The summed E-state index contributed by atoms with van der Waals surface area (Å²) < 4.78 is 5.17. The minimum absolute atomic E-state index is 0.0397. The van der Waals surface area contributed by atoms with Gasteiger partial charge < -0.3 is 20.5 Å². The van der Waals surface area contributed by atoms with E-state index in [0.29, 0.717) is 34.1 Å². The SMILES string of the molecule is COC(=O)c1c(NC(=O)C(Sc2cccc(NC(=O)c3ccccc3C(=O)O)c2)c2ccccc2)sc2c1CCN(Cc1ccccc1)C2. The smallest absolute Gasteiger partial charge is 0.341 e. The van der Waals surface area contributed by atoms with Gasteiger partial charge in [0.25, 0.3) is 5.91 Å². The number of hydrogen-bond donors (Lipinski definition) is 3. The second kappa shape index (κ2) is 15.3. The first kappa shape index (κ1) is 33.7. The summed E-state index contributed by atoms with van der Waals surface area (Å²) in [7, 11) is 1.34. The summed E-state index contributed by atoms with van der Waals surface area (Å²) >= 11 is 2.70. The lowest BCUT2D eigenvalue weighted by molar-refractivity contribution is -0.115. The minimum atomic E-state index is -1.20. The van der Waals surface area contributed by atoms with Crippen molar-refractivity contribution in [1.29, 1.82) is 0 Å². The van der Waals surface area contributed by atoms with Gasteiger partial charge in [0.1, 0.15) is 10.3 Å². The quantitative estimate of drug-likeness (QED) is 0.0960. The molecule has 1 aromatic heterocycles. The highest BCUT2D eigenvalue weighted by atomic mass is 32.2. The van der Waals surface area contributed by atoms with Gasteiger partial charge in [0.2, 0.25) is 5.91 Å². The number of carbonyl (C=O) groups is 4. The predicted octanol–water partition coefficient (Wildman–Crippen LogP) is 7.52. The number of fused-ring (bicyclic) bond motifs is 1. The van der Waals surface area contributed by atoms with E-state index in [0.717, 1.165) is 29.1 Å². The fourth-order valence-corrected chi connectivity index (χ4v) is 8.13. The monoisotopic (exact) mass is 691 g/mol. The number of nitrogens with one attached hydrogen (secondary N) is 2. The van der Waals surface area contributed by atoms with Crippen LogP contribution >= 0.6 is 23.1 Å². The molecule has 1 aliphatic heterocycles. The number of methoxy groups -OCH3 is 1. The van der Waals surface area contributed by atoms with E-state index in [2.05, 4.69) is 27.7 Å². The Morgan fingerprint density at radius 2 is 1.57 bits per heavy atom. The number of anilines is 2. The number of benzene rings is 4. The van der Waals surface area contributed by atoms with Crippen molar-refractivity contribution < 1.29 is 29.0 Å². The second-order valence-electron chi connectivity index (χ2n) is 11.4. The predicted molar refractivity (Wildman–Crippen MR) is 191 cm³/mol. The number of aromatic carboxylic acids is 1. The molecule has 11 heteroatoms. The number of carboxylic acid groups (broad SMARTS) is 1. The highest BCUT2D eigenvalue weighted by Gasteiger charge is 2.31. The van der Waals surface area contributed by atoms with Crippen molar-refractivity contribution in [2.45, 2.75) is 29.7 Å². The van der Waals surface area contributed by atoms with Crippen molar-refractivity contribution in [3.8, 4) is 0 Å². The molecule has 0 aliphatic carbocycles. The second-order valence-corrected chi connectivity index (χ2v) is 13.7. The number of esters is 1. The molecule has 0 saturated carbocycles. The molecule has 6 rings (SSSR count). The number of thiophene rings is 1. The van der Waals surface area contributed by atoms with Crippen LogP contribution in [0.3, 0.4) is 0 Å². The Morgan fingerprint density at radius 1 is 0.878 bits per heavy atom. The number of ether oxygens (including phenoxy) is 1. The first-order valence-electron chi connectivity index (χ1n) is 15.6. The molecule has 1 unspecified atom stereocenters. The lowest BCUT2D eigenvalue weighted by Crippen LogP contribution is -2.29. The molecule has 0 saturated heterocycles. The molecule has 1 aliphatic rings. The van der Waals surface area contributed by atoms with Crippen LogP contribution in [0.25, 0.3) is 0 Å². The topological polar surface area (TPSA) is 125 Å². The number of hydrogen-bond acceptors (Lipinski definition) is 8. The van der Waals surface area contributed by atoms with Crippen LogP contribution in [0.4, 0.5) is 10.7 Å². The maximum atomic E-state index is 14.1. The molecule has 2 heterocycles. The van der Waals surface area contributed by atoms with Gasteiger partial charge in [-0.15, -0.1) is 23.1 Å². The van der Waals surface area contributed by atoms with Gasteiger partial charge in [0.15, 0.2) is 0 Å². The van der Waals surface area contributed by atoms with Gasteiger partial charge >= 0.3 is 11.9 Å². The average Bonchev–Trinajstić information content (AvgIpc) is 3.48. The molecule has 0 fully saturated rings. The number of thioether (sulfide) groups is 1. The Hall–Kier alpha value is -5.23. The molecule has 0 radical (unpaired) electrons. The molecule has 9 nitrogen and oxygen atoms in total. The maximum Gasteiger partial charge on any atom is 0.341 e. The zero-order valence-corrected chi connectivity index (χ0v) is 28.2. The van der Waals surface area contributed by atoms with Crippen molar-refractivity contribution in [3.63, 3.8) is 0 Å². The lowest BCUT2D eigenvalue weighted by atomic mass is 10.0. The Morgan fingerprint density at radius 3 is 2.29 bits per heavy atom. The van der Waals surface area contributed by atoms with E-state index in [1.54, 1.807) is 30.3 Å². The third-order valence-corrected chi connectivity index (χ3v) is 10.5. The van der Waals surface area contributed by atoms with E-state index in [1.807, 2.05) is 54.6 Å². The molecular weight excluding hydrogens is 659 g/mol. The number of carbonyl (C=O) groups excluding carboxylic acids is 3. The van der Waals surface area contributed by atoms with Gasteiger partial charge in [-0.25, -0.2) is 9.59 Å². The summed E-state index contributed by atoms with van der Waals surface area (Å²) in [5.74, 6) is -2.55. The van der Waals surface area contributed by atoms with Crippen LogP contribution in [-0.4, -0.2) is 47.4 Å². The fraction of sp³-hybridized carbons (Fsp3) is 0.158. The van der Waals surface area contributed by atoms with E-state index in [1.165, 1.54) is 47.9 Å². The van der Waals surface area contributed by atoms with E-state index >= 15 is 0 Å². The van der Waals surface area contributed by atoms with Crippen molar-refractivity contribution in [2.75, 3.05) is 24.3 Å². The van der Waals surface area contributed by atoms with Crippen molar-refractivity contribution in [3.05, 3.63) is 147 Å². The fourth-order valence-electron chi connectivity index (χ4n) is 5.77. The molecule has 0 bridgehead atoms. The highest BCUT2D eigenvalue weighted by molar-refractivity contribution is 8.00. The largest absolute Gasteiger partial charge is 0.478 e. The number of amides is 2. The van der Waals surface area contributed by atoms with Gasteiger partial charge in [-0.3, -0.25) is 14.5 Å². The lowest BCUT2D eigenvalue weighted by Gasteiger charge is -2.27. The third-order valence-electron chi connectivity index (χ3n) is 8.10.